The van der Waals surface area contributed by atoms with Crippen molar-refractivity contribution in [1.29, 1.82) is 0 Å². The number of halogens is 1. The Hall–Kier alpha value is -1.85. The molecule has 0 amide bonds. The molecule has 1 aromatic carbocycles. The van der Waals surface area contributed by atoms with Crippen LogP contribution in [0.25, 0.3) is 21.8 Å². The maximum Gasteiger partial charge on any atom is 0.262 e. The Morgan fingerprint density at radius 2 is 2.21 bits per heavy atom. The van der Waals surface area contributed by atoms with Crippen LogP contribution in [-0.2, 0) is 13.7 Å². The minimum Gasteiger partial charge on any atom is -0.392 e. The van der Waals surface area contributed by atoms with Crippen molar-refractivity contribution in [2.75, 3.05) is 0 Å². The SMILES string of the molecule is Cc1[nH]nc2c1c(=O)n(C)c1c(CO)cc(Cl)cc21. The van der Waals surface area contributed by atoms with Crippen LogP contribution in [0.3, 0.4) is 0 Å². The molecule has 2 aromatic heterocycles. The summed E-state index contributed by atoms with van der Waals surface area (Å²) in [5, 5.41) is 18.3. The van der Waals surface area contributed by atoms with E-state index in [0.29, 0.717) is 27.0 Å². The van der Waals surface area contributed by atoms with E-state index in [1.165, 1.54) is 4.57 Å². The number of aromatic nitrogens is 3. The number of benzene rings is 1. The van der Waals surface area contributed by atoms with Gasteiger partial charge in [-0.2, -0.15) is 5.10 Å². The van der Waals surface area contributed by atoms with Crippen molar-refractivity contribution in [3.8, 4) is 0 Å². The molecule has 0 aliphatic rings. The first-order valence-electron chi connectivity index (χ1n) is 5.81. The highest BCUT2D eigenvalue weighted by molar-refractivity contribution is 6.31. The van der Waals surface area contributed by atoms with Crippen LogP contribution in [-0.4, -0.2) is 19.9 Å². The molecule has 3 rings (SSSR count). The molecule has 0 atom stereocenters. The molecular weight excluding hydrogens is 266 g/mol. The van der Waals surface area contributed by atoms with Crippen molar-refractivity contribution < 1.29 is 5.11 Å². The Balaban J connectivity index is 2.70. The molecule has 5 nitrogen and oxygen atoms in total. The van der Waals surface area contributed by atoms with E-state index in [4.69, 9.17) is 11.6 Å². The van der Waals surface area contributed by atoms with Gasteiger partial charge < -0.3 is 9.67 Å². The van der Waals surface area contributed by atoms with Gasteiger partial charge in [-0.15, -0.1) is 0 Å². The van der Waals surface area contributed by atoms with Gasteiger partial charge in [0, 0.05) is 28.7 Å². The Bertz CT molecular complexity index is 864. The fourth-order valence-electron chi connectivity index (χ4n) is 2.51. The lowest BCUT2D eigenvalue weighted by atomic mass is 10.1. The highest BCUT2D eigenvalue weighted by Crippen LogP contribution is 2.28. The maximum absolute atomic E-state index is 12.4. The molecule has 98 valence electrons. The molecule has 0 saturated carbocycles. The van der Waals surface area contributed by atoms with E-state index < -0.39 is 0 Å². The first-order valence-corrected chi connectivity index (χ1v) is 6.19. The third-order valence-corrected chi connectivity index (χ3v) is 3.60. The van der Waals surface area contributed by atoms with Crippen molar-refractivity contribution in [2.45, 2.75) is 13.5 Å². The Morgan fingerprint density at radius 1 is 1.47 bits per heavy atom. The summed E-state index contributed by atoms with van der Waals surface area (Å²) in [5.74, 6) is 0. The second-order valence-corrected chi connectivity index (χ2v) is 4.99. The zero-order valence-corrected chi connectivity index (χ0v) is 11.2. The zero-order valence-electron chi connectivity index (χ0n) is 10.5. The quantitative estimate of drug-likeness (QED) is 0.713. The van der Waals surface area contributed by atoms with Crippen molar-refractivity contribution in [3.63, 3.8) is 0 Å². The van der Waals surface area contributed by atoms with Gasteiger partial charge >= 0.3 is 0 Å². The fraction of sp³-hybridized carbons (Fsp3) is 0.231. The molecular formula is C13H12ClN3O2. The van der Waals surface area contributed by atoms with Crippen LogP contribution in [0.1, 0.15) is 11.3 Å². The van der Waals surface area contributed by atoms with E-state index in [1.54, 1.807) is 26.1 Å². The number of nitrogens with zero attached hydrogens (tertiary/aromatic N) is 2. The zero-order chi connectivity index (χ0) is 13.7. The Labute approximate surface area is 113 Å². The molecule has 0 fully saturated rings. The lowest BCUT2D eigenvalue weighted by Crippen LogP contribution is -2.18. The number of pyridine rings is 1. The lowest BCUT2D eigenvalue weighted by molar-refractivity contribution is 0.283. The Kier molecular flexibility index (Phi) is 2.62. The molecule has 6 heteroatoms. The monoisotopic (exact) mass is 277 g/mol. The van der Waals surface area contributed by atoms with Crippen molar-refractivity contribution in [2.24, 2.45) is 7.05 Å². The van der Waals surface area contributed by atoms with Crippen molar-refractivity contribution in [1.82, 2.24) is 14.8 Å². The molecule has 19 heavy (non-hydrogen) atoms. The minimum absolute atomic E-state index is 0.134. The van der Waals surface area contributed by atoms with Crippen LogP contribution < -0.4 is 5.56 Å². The highest BCUT2D eigenvalue weighted by Gasteiger charge is 2.16. The molecule has 3 aromatic rings. The number of aliphatic hydroxyl groups is 1. The molecule has 0 bridgehead atoms. The van der Waals surface area contributed by atoms with E-state index in [-0.39, 0.29) is 12.2 Å². The number of fused-ring (bicyclic) bond motifs is 3. The summed E-state index contributed by atoms with van der Waals surface area (Å²) in [6.45, 7) is 1.62. The van der Waals surface area contributed by atoms with Gasteiger partial charge in [0.05, 0.1) is 17.5 Å². The molecule has 0 unspecified atom stereocenters. The summed E-state index contributed by atoms with van der Waals surface area (Å²) in [6, 6.07) is 3.42. The standard InChI is InChI=1S/C13H12ClN3O2/c1-6-10-11(16-15-6)9-4-8(14)3-7(5-18)12(9)17(2)13(10)19/h3-4,18H,5H2,1-2H3,(H,15,16). The number of nitrogens with one attached hydrogen (secondary N) is 1. The van der Waals surface area contributed by atoms with E-state index >= 15 is 0 Å². The number of H-pyrrole nitrogens is 1. The largest absolute Gasteiger partial charge is 0.392 e. The van der Waals surface area contributed by atoms with Crippen LogP contribution in [0.5, 0.6) is 0 Å². The van der Waals surface area contributed by atoms with Crippen LogP contribution in [0.2, 0.25) is 5.02 Å². The van der Waals surface area contributed by atoms with Crippen LogP contribution in [0.4, 0.5) is 0 Å². The first-order chi connectivity index (χ1) is 9.04. The van der Waals surface area contributed by atoms with Crippen LogP contribution in [0.15, 0.2) is 16.9 Å². The normalized spacial score (nSPS) is 11.6. The maximum atomic E-state index is 12.4. The van der Waals surface area contributed by atoms with Gasteiger partial charge in [-0.1, -0.05) is 11.6 Å². The van der Waals surface area contributed by atoms with Gasteiger partial charge in [0.25, 0.3) is 5.56 Å². The van der Waals surface area contributed by atoms with Gasteiger partial charge in [0.1, 0.15) is 5.52 Å². The number of rotatable bonds is 1. The number of aryl methyl sites for hydroxylation is 2. The smallest absolute Gasteiger partial charge is 0.262 e. The summed E-state index contributed by atoms with van der Waals surface area (Å²) < 4.78 is 1.53. The molecule has 0 saturated heterocycles. The molecule has 2 N–H and O–H groups in total. The summed E-state index contributed by atoms with van der Waals surface area (Å²) in [7, 11) is 1.68. The number of aromatic amines is 1. The van der Waals surface area contributed by atoms with Gasteiger partial charge in [-0.05, 0) is 19.1 Å². The third kappa shape index (κ3) is 1.59. The predicted octanol–water partition coefficient (Wildman–Crippen LogP) is 1.87. The van der Waals surface area contributed by atoms with Gasteiger partial charge in [-0.3, -0.25) is 9.89 Å². The second-order valence-electron chi connectivity index (χ2n) is 4.56. The van der Waals surface area contributed by atoms with Gasteiger partial charge in [0.15, 0.2) is 0 Å². The first kappa shape index (κ1) is 12.2. The summed E-state index contributed by atoms with van der Waals surface area (Å²) >= 11 is 6.07. The molecule has 2 heterocycles. The van der Waals surface area contributed by atoms with Gasteiger partial charge in [0.2, 0.25) is 0 Å². The average molecular weight is 278 g/mol. The topological polar surface area (TPSA) is 70.9 Å². The van der Waals surface area contributed by atoms with Gasteiger partial charge in [-0.25, -0.2) is 0 Å². The summed E-state index contributed by atoms with van der Waals surface area (Å²) in [6.07, 6.45) is 0. The van der Waals surface area contributed by atoms with E-state index in [0.717, 1.165) is 11.1 Å². The highest BCUT2D eigenvalue weighted by atomic mass is 35.5. The molecule has 0 aliphatic heterocycles. The third-order valence-electron chi connectivity index (χ3n) is 3.38. The fourth-order valence-corrected chi connectivity index (χ4v) is 2.75. The number of hydrogen-bond donors (Lipinski definition) is 2. The second kappa shape index (κ2) is 4.08. The van der Waals surface area contributed by atoms with E-state index in [2.05, 4.69) is 10.2 Å². The minimum atomic E-state index is -0.181. The van der Waals surface area contributed by atoms with Crippen LogP contribution in [0, 0.1) is 6.92 Å². The number of aliphatic hydroxyl groups excluding tert-OH is 1. The average Bonchev–Trinajstić information content (AvgIpc) is 2.77. The predicted molar refractivity (Wildman–Crippen MR) is 74.5 cm³/mol. The molecule has 0 radical (unpaired) electrons. The Morgan fingerprint density at radius 3 is 2.89 bits per heavy atom. The van der Waals surface area contributed by atoms with Crippen molar-refractivity contribution >= 4 is 33.4 Å². The summed E-state index contributed by atoms with van der Waals surface area (Å²) in [5.41, 5.74) is 2.46. The molecule has 0 spiro atoms. The summed E-state index contributed by atoms with van der Waals surface area (Å²) in [4.78, 5) is 12.4. The van der Waals surface area contributed by atoms with E-state index in [1.807, 2.05) is 0 Å². The molecule has 0 aliphatic carbocycles. The lowest BCUT2D eigenvalue weighted by Gasteiger charge is -2.10. The number of hydrogen-bond acceptors (Lipinski definition) is 3. The van der Waals surface area contributed by atoms with Crippen molar-refractivity contribution in [3.05, 3.63) is 38.8 Å². The van der Waals surface area contributed by atoms with Crippen LogP contribution >= 0.6 is 11.6 Å². The van der Waals surface area contributed by atoms with E-state index in [9.17, 15) is 9.90 Å².